The predicted octanol–water partition coefficient (Wildman–Crippen LogP) is 0.579. The molecule has 0 saturated carbocycles. The van der Waals surface area contributed by atoms with E-state index in [9.17, 15) is 0 Å². The molecule has 0 rings (SSSR count). The summed E-state index contributed by atoms with van der Waals surface area (Å²) in [5, 5.41) is 3.12. The largest absolute Gasteiger partial charge is 0.328 e. The third-order valence-corrected chi connectivity index (χ3v) is 1.73. The van der Waals surface area contributed by atoms with Crippen molar-refractivity contribution in [2.45, 2.75) is 26.3 Å². The summed E-state index contributed by atoms with van der Waals surface area (Å²) in [6.45, 7) is 5.27. The van der Waals surface area contributed by atoms with Crippen LogP contribution in [0, 0.1) is 5.92 Å². The van der Waals surface area contributed by atoms with Gasteiger partial charge in [0.15, 0.2) is 0 Å². The molecule has 0 aliphatic heterocycles. The minimum absolute atomic E-state index is 0.322. The van der Waals surface area contributed by atoms with Gasteiger partial charge < -0.3 is 11.1 Å². The van der Waals surface area contributed by atoms with Crippen LogP contribution in [0.3, 0.4) is 0 Å². The maximum Gasteiger partial charge on any atom is 0.00507 e. The molecule has 0 fully saturated rings. The highest BCUT2D eigenvalue weighted by Crippen LogP contribution is 2.03. The van der Waals surface area contributed by atoms with Crippen LogP contribution in [0.1, 0.15) is 20.3 Å². The number of nitrogens with two attached hydrogens (primary N) is 1. The average Bonchev–Trinajstić information content (AvgIpc) is 1.82. The lowest BCUT2D eigenvalue weighted by Gasteiger charge is -2.17. The van der Waals surface area contributed by atoms with E-state index < -0.39 is 0 Å². The molecule has 0 aliphatic rings. The Hall–Kier alpha value is -0.0800. The Balaban J connectivity index is 3.41. The molecule has 56 valence electrons. The third-order valence-electron chi connectivity index (χ3n) is 1.73. The Morgan fingerprint density at radius 1 is 1.56 bits per heavy atom. The Morgan fingerprint density at radius 2 is 2.11 bits per heavy atom. The Bertz CT molecular complexity index is 61.9. The number of hydrogen-bond acceptors (Lipinski definition) is 2. The van der Waals surface area contributed by atoms with Gasteiger partial charge in [-0.25, -0.2) is 0 Å². The van der Waals surface area contributed by atoms with Crippen LogP contribution in [0.25, 0.3) is 0 Å². The van der Waals surface area contributed by atoms with Gasteiger partial charge in [-0.2, -0.15) is 0 Å². The van der Waals surface area contributed by atoms with Gasteiger partial charge in [0, 0.05) is 6.04 Å². The summed E-state index contributed by atoms with van der Waals surface area (Å²) < 4.78 is 0. The van der Waals surface area contributed by atoms with Crippen molar-refractivity contribution in [3.63, 3.8) is 0 Å². The molecule has 2 heteroatoms. The Labute approximate surface area is 57.8 Å². The summed E-state index contributed by atoms with van der Waals surface area (Å²) in [4.78, 5) is 0. The summed E-state index contributed by atoms with van der Waals surface area (Å²) in [5.74, 6) is 0.634. The van der Waals surface area contributed by atoms with Crippen molar-refractivity contribution in [2.75, 3.05) is 13.6 Å². The molecule has 2 atom stereocenters. The van der Waals surface area contributed by atoms with E-state index in [1.807, 2.05) is 7.05 Å². The van der Waals surface area contributed by atoms with Gasteiger partial charge in [0.2, 0.25) is 0 Å². The van der Waals surface area contributed by atoms with E-state index in [-0.39, 0.29) is 0 Å². The van der Waals surface area contributed by atoms with Crippen molar-refractivity contribution < 1.29 is 0 Å². The van der Waals surface area contributed by atoms with Crippen LogP contribution in [0.5, 0.6) is 0 Å². The molecule has 2 nitrogen and oxygen atoms in total. The average molecular weight is 130 g/mol. The fourth-order valence-electron chi connectivity index (χ4n) is 0.964. The smallest absolute Gasteiger partial charge is 0.00507 e. The molecule has 0 saturated heterocycles. The molecule has 0 spiro atoms. The predicted molar refractivity (Wildman–Crippen MR) is 41.4 cm³/mol. The lowest BCUT2D eigenvalue weighted by Crippen LogP contribution is -2.33. The maximum atomic E-state index is 5.69. The van der Waals surface area contributed by atoms with Gasteiger partial charge >= 0.3 is 0 Å². The van der Waals surface area contributed by atoms with E-state index in [0.717, 1.165) is 6.54 Å². The first-order valence-electron chi connectivity index (χ1n) is 3.62. The molecule has 0 radical (unpaired) electrons. The quantitative estimate of drug-likeness (QED) is 0.584. The monoisotopic (exact) mass is 130 g/mol. The van der Waals surface area contributed by atoms with Crippen molar-refractivity contribution in [3.05, 3.63) is 0 Å². The van der Waals surface area contributed by atoms with Crippen molar-refractivity contribution in [3.8, 4) is 0 Å². The van der Waals surface area contributed by atoms with Crippen molar-refractivity contribution in [1.82, 2.24) is 5.32 Å². The van der Waals surface area contributed by atoms with E-state index in [1.54, 1.807) is 0 Å². The highest BCUT2D eigenvalue weighted by molar-refractivity contribution is 4.67. The SMILES string of the molecule is CCC(CNC)C(C)N. The zero-order chi connectivity index (χ0) is 7.28. The number of rotatable bonds is 4. The zero-order valence-corrected chi connectivity index (χ0v) is 6.65. The van der Waals surface area contributed by atoms with E-state index >= 15 is 0 Å². The van der Waals surface area contributed by atoms with Gasteiger partial charge in [0.25, 0.3) is 0 Å². The molecule has 0 aromatic heterocycles. The van der Waals surface area contributed by atoms with Crippen LogP contribution >= 0.6 is 0 Å². The minimum atomic E-state index is 0.322. The third kappa shape index (κ3) is 3.49. The first-order chi connectivity index (χ1) is 4.22. The maximum absolute atomic E-state index is 5.69. The summed E-state index contributed by atoms with van der Waals surface area (Å²) in [7, 11) is 1.96. The lowest BCUT2D eigenvalue weighted by molar-refractivity contribution is 0.414. The van der Waals surface area contributed by atoms with Crippen molar-refractivity contribution in [2.24, 2.45) is 11.7 Å². The lowest BCUT2D eigenvalue weighted by atomic mass is 9.99. The standard InChI is InChI=1S/C7H18N2/c1-4-7(5-9-3)6(2)8/h6-7,9H,4-5,8H2,1-3H3. The second-order valence-electron chi connectivity index (χ2n) is 2.59. The van der Waals surface area contributed by atoms with Crippen molar-refractivity contribution >= 4 is 0 Å². The van der Waals surface area contributed by atoms with Gasteiger partial charge in [-0.3, -0.25) is 0 Å². The molecule has 0 amide bonds. The normalized spacial score (nSPS) is 17.3. The van der Waals surface area contributed by atoms with Crippen LogP contribution in [0.15, 0.2) is 0 Å². The molecule has 9 heavy (non-hydrogen) atoms. The molecule has 2 unspecified atom stereocenters. The summed E-state index contributed by atoms with van der Waals surface area (Å²) in [6.07, 6.45) is 1.17. The van der Waals surface area contributed by atoms with E-state index in [0.29, 0.717) is 12.0 Å². The number of hydrogen-bond donors (Lipinski definition) is 2. The Kier molecular flexibility index (Phi) is 4.72. The van der Waals surface area contributed by atoms with Crippen LogP contribution in [-0.2, 0) is 0 Å². The summed E-state index contributed by atoms with van der Waals surface area (Å²) >= 11 is 0. The van der Waals surface area contributed by atoms with Gasteiger partial charge in [-0.05, 0) is 26.4 Å². The van der Waals surface area contributed by atoms with Crippen molar-refractivity contribution in [1.29, 1.82) is 0 Å². The highest BCUT2D eigenvalue weighted by atomic mass is 14.8. The van der Waals surface area contributed by atoms with Gasteiger partial charge in [0.1, 0.15) is 0 Å². The summed E-state index contributed by atoms with van der Waals surface area (Å²) in [5.41, 5.74) is 5.69. The van der Waals surface area contributed by atoms with Gasteiger partial charge in [0.05, 0.1) is 0 Å². The first kappa shape index (κ1) is 8.92. The first-order valence-corrected chi connectivity index (χ1v) is 3.62. The fourth-order valence-corrected chi connectivity index (χ4v) is 0.964. The van der Waals surface area contributed by atoms with Crippen LogP contribution in [-0.4, -0.2) is 19.6 Å². The second-order valence-corrected chi connectivity index (χ2v) is 2.59. The van der Waals surface area contributed by atoms with E-state index in [2.05, 4.69) is 19.2 Å². The minimum Gasteiger partial charge on any atom is -0.328 e. The second kappa shape index (κ2) is 4.77. The molecule has 0 heterocycles. The molecule has 0 aromatic rings. The van der Waals surface area contributed by atoms with E-state index in [4.69, 9.17) is 5.73 Å². The summed E-state index contributed by atoms with van der Waals surface area (Å²) in [6, 6.07) is 0.322. The Morgan fingerprint density at radius 3 is 2.22 bits per heavy atom. The topological polar surface area (TPSA) is 38.0 Å². The molecule has 3 N–H and O–H groups in total. The highest BCUT2D eigenvalue weighted by Gasteiger charge is 2.08. The van der Waals surface area contributed by atoms with Gasteiger partial charge in [-0.1, -0.05) is 13.3 Å². The van der Waals surface area contributed by atoms with Crippen LogP contribution in [0.2, 0.25) is 0 Å². The zero-order valence-electron chi connectivity index (χ0n) is 6.65. The van der Waals surface area contributed by atoms with E-state index in [1.165, 1.54) is 6.42 Å². The van der Waals surface area contributed by atoms with Gasteiger partial charge in [-0.15, -0.1) is 0 Å². The molecular weight excluding hydrogens is 112 g/mol. The molecular formula is C7H18N2. The van der Waals surface area contributed by atoms with Crippen LogP contribution in [0.4, 0.5) is 0 Å². The molecule has 0 aromatic carbocycles. The van der Waals surface area contributed by atoms with Crippen LogP contribution < -0.4 is 11.1 Å². The number of nitrogens with one attached hydrogen (secondary N) is 1. The molecule has 0 aliphatic carbocycles. The fraction of sp³-hybridized carbons (Fsp3) is 1.00. The molecule has 0 bridgehead atoms.